The molecular weight excluding hydrogens is 200 g/mol. The van der Waals surface area contributed by atoms with Crippen molar-refractivity contribution in [2.45, 2.75) is 39.5 Å². The van der Waals surface area contributed by atoms with Gasteiger partial charge in [0.15, 0.2) is 0 Å². The van der Waals surface area contributed by atoms with Crippen LogP contribution in [0.15, 0.2) is 12.7 Å². The van der Waals surface area contributed by atoms with Gasteiger partial charge in [-0.05, 0) is 37.6 Å². The van der Waals surface area contributed by atoms with Crippen molar-refractivity contribution in [3.8, 4) is 0 Å². The van der Waals surface area contributed by atoms with Gasteiger partial charge in [0, 0.05) is 13.0 Å². The third-order valence-electron chi connectivity index (χ3n) is 2.83. The normalized spacial score (nSPS) is 14.2. The summed E-state index contributed by atoms with van der Waals surface area (Å²) in [4.78, 5) is 11.4. The maximum Gasteiger partial charge on any atom is 0.220 e. The molecule has 0 fully saturated rings. The zero-order chi connectivity index (χ0) is 12.4. The Hall–Kier alpha value is -0.830. The Balaban J connectivity index is 3.40. The Morgan fingerprint density at radius 1 is 1.44 bits per heavy atom. The average molecular weight is 226 g/mol. The number of hydrogen-bond acceptors (Lipinski definition) is 2. The SMILES string of the molecule is C=CC(C)CCC(=O)NCCCC(C)CN. The monoisotopic (exact) mass is 226 g/mol. The van der Waals surface area contributed by atoms with Crippen LogP contribution in [-0.2, 0) is 4.79 Å². The topological polar surface area (TPSA) is 55.1 Å². The Morgan fingerprint density at radius 3 is 2.69 bits per heavy atom. The van der Waals surface area contributed by atoms with Crippen molar-refractivity contribution in [3.05, 3.63) is 12.7 Å². The van der Waals surface area contributed by atoms with E-state index in [0.29, 0.717) is 18.3 Å². The first-order chi connectivity index (χ1) is 7.60. The maximum absolute atomic E-state index is 11.4. The molecule has 0 spiro atoms. The minimum absolute atomic E-state index is 0.147. The molecule has 3 nitrogen and oxygen atoms in total. The number of nitrogens with two attached hydrogens (primary N) is 1. The first-order valence-corrected chi connectivity index (χ1v) is 6.19. The lowest BCUT2D eigenvalue weighted by atomic mass is 10.1. The molecule has 2 atom stereocenters. The molecule has 16 heavy (non-hydrogen) atoms. The number of carbonyl (C=O) groups excluding carboxylic acids is 1. The Kier molecular flexibility index (Phi) is 8.91. The summed E-state index contributed by atoms with van der Waals surface area (Å²) >= 11 is 0. The van der Waals surface area contributed by atoms with E-state index in [1.165, 1.54) is 0 Å². The highest BCUT2D eigenvalue weighted by Crippen LogP contribution is 2.06. The lowest BCUT2D eigenvalue weighted by molar-refractivity contribution is -0.121. The van der Waals surface area contributed by atoms with Crippen molar-refractivity contribution in [1.29, 1.82) is 0 Å². The van der Waals surface area contributed by atoms with E-state index in [9.17, 15) is 4.79 Å². The zero-order valence-corrected chi connectivity index (χ0v) is 10.7. The largest absolute Gasteiger partial charge is 0.356 e. The average Bonchev–Trinajstić information content (AvgIpc) is 2.31. The predicted octanol–water partition coefficient (Wildman–Crippen LogP) is 2.08. The van der Waals surface area contributed by atoms with E-state index in [4.69, 9.17) is 5.73 Å². The summed E-state index contributed by atoms with van der Waals surface area (Å²) < 4.78 is 0. The number of carbonyl (C=O) groups is 1. The summed E-state index contributed by atoms with van der Waals surface area (Å²) in [5, 5.41) is 2.93. The summed E-state index contributed by atoms with van der Waals surface area (Å²) in [5.74, 6) is 1.12. The van der Waals surface area contributed by atoms with E-state index in [-0.39, 0.29) is 5.91 Å². The molecule has 3 heteroatoms. The second-order valence-corrected chi connectivity index (χ2v) is 4.58. The summed E-state index contributed by atoms with van der Waals surface area (Å²) in [6.45, 7) is 9.40. The van der Waals surface area contributed by atoms with Crippen LogP contribution in [0.1, 0.15) is 39.5 Å². The standard InChI is InChI=1S/C13H26N2O/c1-4-11(2)7-8-13(16)15-9-5-6-12(3)10-14/h4,11-12H,1,5-10,14H2,2-3H3,(H,15,16). The van der Waals surface area contributed by atoms with E-state index in [1.807, 2.05) is 6.08 Å². The van der Waals surface area contributed by atoms with Crippen molar-refractivity contribution in [1.82, 2.24) is 5.32 Å². The molecule has 0 aliphatic rings. The maximum atomic E-state index is 11.4. The fraction of sp³-hybridized carbons (Fsp3) is 0.769. The molecule has 0 aliphatic heterocycles. The van der Waals surface area contributed by atoms with Gasteiger partial charge < -0.3 is 11.1 Å². The van der Waals surface area contributed by atoms with Crippen molar-refractivity contribution >= 4 is 5.91 Å². The highest BCUT2D eigenvalue weighted by Gasteiger charge is 2.04. The first-order valence-electron chi connectivity index (χ1n) is 6.19. The lowest BCUT2D eigenvalue weighted by Crippen LogP contribution is -2.25. The number of amides is 1. The smallest absolute Gasteiger partial charge is 0.220 e. The third kappa shape index (κ3) is 8.48. The van der Waals surface area contributed by atoms with Crippen LogP contribution in [0.3, 0.4) is 0 Å². The van der Waals surface area contributed by atoms with Gasteiger partial charge in [-0.1, -0.05) is 19.9 Å². The second kappa shape index (κ2) is 9.40. The molecule has 0 rings (SSSR count). The highest BCUT2D eigenvalue weighted by molar-refractivity contribution is 5.75. The molecule has 0 radical (unpaired) electrons. The summed E-state index contributed by atoms with van der Waals surface area (Å²) in [6, 6.07) is 0. The molecule has 0 aromatic carbocycles. The van der Waals surface area contributed by atoms with Gasteiger partial charge in [-0.15, -0.1) is 6.58 Å². The molecule has 0 bridgehead atoms. The second-order valence-electron chi connectivity index (χ2n) is 4.58. The third-order valence-corrected chi connectivity index (χ3v) is 2.83. The van der Waals surface area contributed by atoms with E-state index < -0.39 is 0 Å². The van der Waals surface area contributed by atoms with Crippen molar-refractivity contribution in [3.63, 3.8) is 0 Å². The molecule has 94 valence electrons. The van der Waals surface area contributed by atoms with Crippen LogP contribution in [0.4, 0.5) is 0 Å². The van der Waals surface area contributed by atoms with Crippen LogP contribution in [0, 0.1) is 11.8 Å². The van der Waals surface area contributed by atoms with Crippen molar-refractivity contribution in [2.75, 3.05) is 13.1 Å². The fourth-order valence-electron chi connectivity index (χ4n) is 1.36. The van der Waals surface area contributed by atoms with E-state index in [1.54, 1.807) is 0 Å². The molecule has 0 heterocycles. The molecule has 0 aromatic rings. The highest BCUT2D eigenvalue weighted by atomic mass is 16.1. The summed E-state index contributed by atoms with van der Waals surface area (Å²) in [7, 11) is 0. The van der Waals surface area contributed by atoms with Gasteiger partial charge in [-0.2, -0.15) is 0 Å². The quantitative estimate of drug-likeness (QED) is 0.467. The molecule has 0 aromatic heterocycles. The Bertz CT molecular complexity index is 204. The first kappa shape index (κ1) is 15.2. The Labute approximate surface area is 99.5 Å². The van der Waals surface area contributed by atoms with E-state index in [0.717, 1.165) is 32.4 Å². The van der Waals surface area contributed by atoms with Gasteiger partial charge in [0.25, 0.3) is 0 Å². The Morgan fingerprint density at radius 2 is 2.12 bits per heavy atom. The van der Waals surface area contributed by atoms with Crippen LogP contribution in [0.25, 0.3) is 0 Å². The molecule has 1 amide bonds. The van der Waals surface area contributed by atoms with Gasteiger partial charge in [0.2, 0.25) is 5.91 Å². The van der Waals surface area contributed by atoms with E-state index >= 15 is 0 Å². The van der Waals surface area contributed by atoms with Gasteiger partial charge >= 0.3 is 0 Å². The zero-order valence-electron chi connectivity index (χ0n) is 10.7. The van der Waals surface area contributed by atoms with Gasteiger partial charge in [0.05, 0.1) is 0 Å². The fourth-order valence-corrected chi connectivity index (χ4v) is 1.36. The molecular formula is C13H26N2O. The van der Waals surface area contributed by atoms with Crippen LogP contribution < -0.4 is 11.1 Å². The van der Waals surface area contributed by atoms with Crippen molar-refractivity contribution < 1.29 is 4.79 Å². The van der Waals surface area contributed by atoms with Crippen LogP contribution >= 0.6 is 0 Å². The van der Waals surface area contributed by atoms with Gasteiger partial charge in [0.1, 0.15) is 0 Å². The minimum atomic E-state index is 0.147. The number of rotatable bonds is 9. The predicted molar refractivity (Wildman–Crippen MR) is 69.1 cm³/mol. The van der Waals surface area contributed by atoms with Crippen LogP contribution in [0.5, 0.6) is 0 Å². The van der Waals surface area contributed by atoms with Gasteiger partial charge in [-0.25, -0.2) is 0 Å². The van der Waals surface area contributed by atoms with Crippen LogP contribution in [0.2, 0.25) is 0 Å². The van der Waals surface area contributed by atoms with E-state index in [2.05, 4.69) is 25.7 Å². The van der Waals surface area contributed by atoms with Crippen LogP contribution in [-0.4, -0.2) is 19.0 Å². The molecule has 0 saturated carbocycles. The molecule has 0 aliphatic carbocycles. The molecule has 0 saturated heterocycles. The van der Waals surface area contributed by atoms with Gasteiger partial charge in [-0.3, -0.25) is 4.79 Å². The number of nitrogens with one attached hydrogen (secondary N) is 1. The summed E-state index contributed by atoms with van der Waals surface area (Å²) in [5.41, 5.74) is 5.51. The molecule has 2 unspecified atom stereocenters. The number of allylic oxidation sites excluding steroid dienone is 1. The number of hydrogen-bond donors (Lipinski definition) is 2. The minimum Gasteiger partial charge on any atom is -0.356 e. The lowest BCUT2D eigenvalue weighted by Gasteiger charge is -2.09. The summed E-state index contributed by atoms with van der Waals surface area (Å²) in [6.07, 6.45) is 5.46. The molecule has 3 N–H and O–H groups in total. The van der Waals surface area contributed by atoms with Crippen molar-refractivity contribution in [2.24, 2.45) is 17.6 Å².